The van der Waals surface area contributed by atoms with Gasteiger partial charge in [-0.1, -0.05) is 20.8 Å². The Morgan fingerprint density at radius 3 is 1.92 bits per heavy atom. The summed E-state index contributed by atoms with van der Waals surface area (Å²) in [5.74, 6) is 0. The van der Waals surface area contributed by atoms with E-state index in [9.17, 15) is 5.11 Å². The van der Waals surface area contributed by atoms with Crippen molar-refractivity contribution >= 4 is 0 Å². The first-order chi connectivity index (χ1) is 6.08. The topological polar surface area (TPSA) is 23.5 Å². The molecule has 0 amide bonds. The van der Waals surface area contributed by atoms with Crippen molar-refractivity contribution in [3.63, 3.8) is 0 Å². The van der Waals surface area contributed by atoms with Crippen molar-refractivity contribution in [2.24, 2.45) is 0 Å². The van der Waals surface area contributed by atoms with E-state index < -0.39 is 0 Å². The highest BCUT2D eigenvalue weighted by Crippen LogP contribution is 2.12. The Morgan fingerprint density at radius 2 is 1.62 bits per heavy atom. The minimum atomic E-state index is -0.186. The Bertz CT molecular complexity index is 127. The molecule has 0 aliphatic heterocycles. The Labute approximate surface area is 82.9 Å². The lowest BCUT2D eigenvalue weighted by Gasteiger charge is -2.35. The summed E-state index contributed by atoms with van der Waals surface area (Å²) in [5, 5.41) is 9.73. The Morgan fingerprint density at radius 1 is 1.08 bits per heavy atom. The molecule has 13 heavy (non-hydrogen) atoms. The molecule has 3 unspecified atom stereocenters. The molecule has 1 N–H and O–H groups in total. The van der Waals surface area contributed by atoms with Gasteiger partial charge in [-0.2, -0.15) is 0 Å². The Hall–Kier alpha value is -0.0800. The van der Waals surface area contributed by atoms with Crippen LogP contribution in [-0.2, 0) is 0 Å². The van der Waals surface area contributed by atoms with Crippen molar-refractivity contribution < 1.29 is 5.11 Å². The molecule has 0 saturated carbocycles. The maximum absolute atomic E-state index is 9.73. The van der Waals surface area contributed by atoms with Crippen LogP contribution in [-0.4, -0.2) is 34.7 Å². The smallest absolute Gasteiger partial charge is 0.0690 e. The molecule has 0 spiro atoms. The fourth-order valence-electron chi connectivity index (χ4n) is 1.80. The minimum Gasteiger partial charge on any atom is -0.392 e. The third-order valence-corrected chi connectivity index (χ3v) is 3.02. The standard InChI is InChI=1S/C11H25NO/c1-6-9(4)12(8-3)10(5)11(13)7-2/h9-11,13H,6-8H2,1-5H3. The summed E-state index contributed by atoms with van der Waals surface area (Å²) < 4.78 is 0. The summed E-state index contributed by atoms with van der Waals surface area (Å²) >= 11 is 0. The van der Waals surface area contributed by atoms with Crippen molar-refractivity contribution in [3.05, 3.63) is 0 Å². The zero-order chi connectivity index (χ0) is 10.4. The molecule has 0 bridgehead atoms. The van der Waals surface area contributed by atoms with Gasteiger partial charge in [-0.05, 0) is 33.2 Å². The second-order valence-corrected chi connectivity index (χ2v) is 3.80. The molecule has 3 atom stereocenters. The molecule has 2 nitrogen and oxygen atoms in total. The van der Waals surface area contributed by atoms with Gasteiger partial charge in [0.1, 0.15) is 0 Å². The largest absolute Gasteiger partial charge is 0.392 e. The van der Waals surface area contributed by atoms with Crippen molar-refractivity contribution in [3.8, 4) is 0 Å². The van der Waals surface area contributed by atoms with Crippen LogP contribution in [0.4, 0.5) is 0 Å². The van der Waals surface area contributed by atoms with Gasteiger partial charge in [0.05, 0.1) is 6.10 Å². The minimum absolute atomic E-state index is 0.186. The van der Waals surface area contributed by atoms with Crippen LogP contribution in [0, 0.1) is 0 Å². The number of hydrogen-bond acceptors (Lipinski definition) is 2. The summed E-state index contributed by atoms with van der Waals surface area (Å²) in [6, 6.07) is 0.853. The van der Waals surface area contributed by atoms with Gasteiger partial charge in [0, 0.05) is 12.1 Å². The van der Waals surface area contributed by atoms with Gasteiger partial charge in [-0.25, -0.2) is 0 Å². The summed E-state index contributed by atoms with van der Waals surface area (Å²) in [7, 11) is 0. The van der Waals surface area contributed by atoms with E-state index in [1.54, 1.807) is 0 Å². The number of aliphatic hydroxyl groups excluding tert-OH is 1. The van der Waals surface area contributed by atoms with E-state index in [0.29, 0.717) is 6.04 Å². The summed E-state index contributed by atoms with van der Waals surface area (Å²) in [5.41, 5.74) is 0. The van der Waals surface area contributed by atoms with Crippen LogP contribution in [0.2, 0.25) is 0 Å². The van der Waals surface area contributed by atoms with E-state index in [-0.39, 0.29) is 12.1 Å². The maximum atomic E-state index is 9.73. The third kappa shape index (κ3) is 3.65. The van der Waals surface area contributed by atoms with Gasteiger partial charge >= 0.3 is 0 Å². The predicted molar refractivity (Wildman–Crippen MR) is 57.9 cm³/mol. The molecule has 0 rings (SSSR count). The first kappa shape index (κ1) is 12.9. The molecular formula is C11H25NO. The highest BCUT2D eigenvalue weighted by molar-refractivity contribution is 4.76. The number of aliphatic hydroxyl groups is 1. The second kappa shape index (κ2) is 6.39. The van der Waals surface area contributed by atoms with Gasteiger partial charge in [0.25, 0.3) is 0 Å². The van der Waals surface area contributed by atoms with E-state index in [0.717, 1.165) is 19.4 Å². The van der Waals surface area contributed by atoms with Crippen molar-refractivity contribution in [1.82, 2.24) is 4.90 Å². The average Bonchev–Trinajstić information content (AvgIpc) is 2.17. The fraction of sp³-hybridized carbons (Fsp3) is 1.00. The molecule has 2 heteroatoms. The lowest BCUT2D eigenvalue weighted by Crippen LogP contribution is -2.45. The number of likely N-dealkylation sites (N-methyl/N-ethyl adjacent to an activating group) is 1. The van der Waals surface area contributed by atoms with Gasteiger partial charge in [-0.3, -0.25) is 4.90 Å². The van der Waals surface area contributed by atoms with Crippen molar-refractivity contribution in [2.45, 2.75) is 65.6 Å². The van der Waals surface area contributed by atoms with E-state index in [1.807, 2.05) is 6.92 Å². The fourth-order valence-corrected chi connectivity index (χ4v) is 1.80. The molecule has 0 radical (unpaired) electrons. The highest BCUT2D eigenvalue weighted by Gasteiger charge is 2.22. The summed E-state index contributed by atoms with van der Waals surface area (Å²) in [6.07, 6.45) is 1.80. The summed E-state index contributed by atoms with van der Waals surface area (Å²) in [6.45, 7) is 11.7. The van der Waals surface area contributed by atoms with E-state index >= 15 is 0 Å². The van der Waals surface area contributed by atoms with Gasteiger partial charge in [-0.15, -0.1) is 0 Å². The average molecular weight is 187 g/mol. The van der Waals surface area contributed by atoms with Gasteiger partial charge in [0.15, 0.2) is 0 Å². The van der Waals surface area contributed by atoms with Gasteiger partial charge in [0.2, 0.25) is 0 Å². The van der Waals surface area contributed by atoms with Crippen LogP contribution < -0.4 is 0 Å². The van der Waals surface area contributed by atoms with Crippen LogP contribution in [0.5, 0.6) is 0 Å². The zero-order valence-electron chi connectivity index (χ0n) is 9.75. The molecular weight excluding hydrogens is 162 g/mol. The number of nitrogens with zero attached hydrogens (tertiary/aromatic N) is 1. The van der Waals surface area contributed by atoms with Gasteiger partial charge < -0.3 is 5.11 Å². The summed E-state index contributed by atoms with van der Waals surface area (Å²) in [4.78, 5) is 2.37. The molecule has 0 aromatic rings. The quantitative estimate of drug-likeness (QED) is 0.689. The van der Waals surface area contributed by atoms with Crippen LogP contribution in [0.25, 0.3) is 0 Å². The molecule has 0 aliphatic carbocycles. The first-order valence-electron chi connectivity index (χ1n) is 5.52. The Balaban J connectivity index is 4.21. The lowest BCUT2D eigenvalue weighted by molar-refractivity contribution is 0.0372. The lowest BCUT2D eigenvalue weighted by atomic mass is 10.1. The first-order valence-corrected chi connectivity index (χ1v) is 5.52. The van der Waals surface area contributed by atoms with E-state index in [1.165, 1.54) is 0 Å². The molecule has 0 heterocycles. The third-order valence-electron chi connectivity index (χ3n) is 3.02. The zero-order valence-corrected chi connectivity index (χ0v) is 9.75. The number of hydrogen-bond donors (Lipinski definition) is 1. The highest BCUT2D eigenvalue weighted by atomic mass is 16.3. The van der Waals surface area contributed by atoms with E-state index in [4.69, 9.17) is 0 Å². The van der Waals surface area contributed by atoms with Crippen molar-refractivity contribution in [1.29, 1.82) is 0 Å². The monoisotopic (exact) mass is 187 g/mol. The van der Waals surface area contributed by atoms with Crippen LogP contribution in [0.1, 0.15) is 47.5 Å². The van der Waals surface area contributed by atoms with Crippen LogP contribution in [0.15, 0.2) is 0 Å². The molecule has 0 aromatic carbocycles. The molecule has 0 aliphatic rings. The molecule has 0 aromatic heterocycles. The van der Waals surface area contributed by atoms with Crippen LogP contribution >= 0.6 is 0 Å². The number of rotatable bonds is 6. The van der Waals surface area contributed by atoms with E-state index in [2.05, 4.69) is 32.6 Å². The molecule has 0 fully saturated rings. The second-order valence-electron chi connectivity index (χ2n) is 3.80. The normalized spacial score (nSPS) is 18.7. The maximum Gasteiger partial charge on any atom is 0.0690 e. The predicted octanol–water partition coefficient (Wildman–Crippen LogP) is 2.27. The SMILES string of the molecule is CCC(O)C(C)N(CC)C(C)CC. The molecule has 0 saturated heterocycles. The van der Waals surface area contributed by atoms with Crippen molar-refractivity contribution in [2.75, 3.05) is 6.54 Å². The Kier molecular flexibility index (Phi) is 6.35. The van der Waals surface area contributed by atoms with Crippen LogP contribution in [0.3, 0.4) is 0 Å². The molecule has 80 valence electrons.